The fourth-order valence-corrected chi connectivity index (χ4v) is 2.89. The minimum absolute atomic E-state index is 0.0111. The number of aryl methyl sites for hydroxylation is 1. The van der Waals surface area contributed by atoms with Crippen LogP contribution in [0.15, 0.2) is 29.3 Å². The number of guanidine groups is 1. The summed E-state index contributed by atoms with van der Waals surface area (Å²) < 4.78 is 17.2. The second kappa shape index (κ2) is 12.6. The molecule has 1 aliphatic rings. The van der Waals surface area contributed by atoms with E-state index in [0.29, 0.717) is 19.3 Å². The summed E-state index contributed by atoms with van der Waals surface area (Å²) in [5.41, 5.74) is 1.19. The highest BCUT2D eigenvalue weighted by Gasteiger charge is 2.14. The Morgan fingerprint density at radius 1 is 1.37 bits per heavy atom. The van der Waals surface area contributed by atoms with Gasteiger partial charge in [0.05, 0.1) is 19.3 Å². The lowest BCUT2D eigenvalue weighted by Gasteiger charge is -2.15. The molecular formula is C21H35N3O3. The van der Waals surface area contributed by atoms with Crippen molar-refractivity contribution >= 4 is 5.96 Å². The van der Waals surface area contributed by atoms with Crippen LogP contribution in [0.4, 0.5) is 0 Å². The van der Waals surface area contributed by atoms with Crippen molar-refractivity contribution in [2.75, 3.05) is 39.5 Å². The van der Waals surface area contributed by atoms with E-state index < -0.39 is 0 Å². The first-order chi connectivity index (χ1) is 13.2. The van der Waals surface area contributed by atoms with Crippen LogP contribution >= 0.6 is 0 Å². The third-order valence-corrected chi connectivity index (χ3v) is 4.26. The van der Waals surface area contributed by atoms with Crippen LogP contribution in [0.5, 0.6) is 5.75 Å². The van der Waals surface area contributed by atoms with Gasteiger partial charge in [-0.05, 0) is 57.7 Å². The molecule has 152 valence electrons. The lowest BCUT2D eigenvalue weighted by molar-refractivity contribution is 0.0168. The Kier molecular flexibility index (Phi) is 10.0. The van der Waals surface area contributed by atoms with E-state index in [1.54, 1.807) is 0 Å². The lowest BCUT2D eigenvalue weighted by atomic mass is 10.2. The van der Waals surface area contributed by atoms with Crippen LogP contribution in [-0.2, 0) is 9.47 Å². The number of hydrogen-bond donors (Lipinski definition) is 2. The highest BCUT2D eigenvalue weighted by Crippen LogP contribution is 2.14. The number of nitrogens with zero attached hydrogens (tertiary/aromatic N) is 1. The Labute approximate surface area is 163 Å². The van der Waals surface area contributed by atoms with E-state index in [9.17, 15) is 0 Å². The van der Waals surface area contributed by atoms with Crippen molar-refractivity contribution < 1.29 is 14.2 Å². The van der Waals surface area contributed by atoms with Gasteiger partial charge in [0, 0.05) is 26.3 Å². The summed E-state index contributed by atoms with van der Waals surface area (Å²) in [6.45, 7) is 10.7. The molecule has 1 saturated heterocycles. The van der Waals surface area contributed by atoms with Crippen molar-refractivity contribution in [3.8, 4) is 5.75 Å². The summed E-state index contributed by atoms with van der Waals surface area (Å²) in [7, 11) is 0. The molecular weight excluding hydrogens is 342 g/mol. The highest BCUT2D eigenvalue weighted by atomic mass is 16.5. The molecule has 2 N–H and O–H groups in total. The summed E-state index contributed by atoms with van der Waals surface area (Å²) in [5.74, 6) is 1.70. The van der Waals surface area contributed by atoms with E-state index in [4.69, 9.17) is 14.2 Å². The van der Waals surface area contributed by atoms with Gasteiger partial charge in [-0.2, -0.15) is 0 Å². The summed E-state index contributed by atoms with van der Waals surface area (Å²) in [6, 6.07) is 8.09. The SMILES string of the molecule is CCNC(=NCC(C)Oc1cccc(C)c1)NCCCOCC1CCCO1. The first-order valence-electron chi connectivity index (χ1n) is 10.1. The maximum atomic E-state index is 5.94. The Bertz CT molecular complexity index is 559. The van der Waals surface area contributed by atoms with Crippen molar-refractivity contribution in [2.45, 2.75) is 52.2 Å². The smallest absolute Gasteiger partial charge is 0.191 e. The van der Waals surface area contributed by atoms with Gasteiger partial charge in [0.15, 0.2) is 5.96 Å². The Hall–Kier alpha value is -1.79. The minimum atomic E-state index is 0.0111. The van der Waals surface area contributed by atoms with E-state index in [0.717, 1.165) is 57.3 Å². The van der Waals surface area contributed by atoms with Crippen LogP contribution in [0.3, 0.4) is 0 Å². The highest BCUT2D eigenvalue weighted by molar-refractivity contribution is 5.79. The molecule has 1 aromatic carbocycles. The van der Waals surface area contributed by atoms with Gasteiger partial charge in [-0.25, -0.2) is 4.99 Å². The van der Waals surface area contributed by atoms with Gasteiger partial charge >= 0.3 is 0 Å². The molecule has 2 atom stereocenters. The van der Waals surface area contributed by atoms with Crippen LogP contribution in [0, 0.1) is 6.92 Å². The number of nitrogens with one attached hydrogen (secondary N) is 2. The molecule has 1 aliphatic heterocycles. The molecule has 6 heteroatoms. The molecule has 0 radical (unpaired) electrons. The van der Waals surface area contributed by atoms with Gasteiger partial charge in [-0.15, -0.1) is 0 Å². The molecule has 1 aromatic rings. The molecule has 0 aliphatic carbocycles. The zero-order valence-electron chi connectivity index (χ0n) is 17.0. The largest absolute Gasteiger partial charge is 0.489 e. The predicted octanol–water partition coefficient (Wildman–Crippen LogP) is 2.90. The Morgan fingerprint density at radius 3 is 3.00 bits per heavy atom. The molecule has 1 heterocycles. The Morgan fingerprint density at radius 2 is 2.26 bits per heavy atom. The van der Waals surface area contributed by atoms with Gasteiger partial charge < -0.3 is 24.8 Å². The summed E-state index contributed by atoms with van der Waals surface area (Å²) in [6.07, 6.45) is 3.53. The molecule has 0 spiro atoms. The topological polar surface area (TPSA) is 64.1 Å². The van der Waals surface area contributed by atoms with Crippen molar-refractivity contribution in [3.63, 3.8) is 0 Å². The third-order valence-electron chi connectivity index (χ3n) is 4.26. The quantitative estimate of drug-likeness (QED) is 0.353. The lowest BCUT2D eigenvalue weighted by Crippen LogP contribution is -2.38. The summed E-state index contributed by atoms with van der Waals surface area (Å²) in [4.78, 5) is 4.62. The normalized spacial score (nSPS) is 18.3. The molecule has 0 aromatic heterocycles. The standard InChI is InChI=1S/C21H35N3O3/c1-4-22-21(23-11-7-12-25-16-20-10-6-13-26-20)24-15-18(3)27-19-9-5-8-17(2)14-19/h5,8-9,14,18,20H,4,6-7,10-13,15-16H2,1-3H3,(H2,22,23,24). The first-order valence-corrected chi connectivity index (χ1v) is 10.1. The van der Waals surface area contributed by atoms with Crippen molar-refractivity contribution in [3.05, 3.63) is 29.8 Å². The van der Waals surface area contributed by atoms with Crippen molar-refractivity contribution in [1.29, 1.82) is 0 Å². The molecule has 0 saturated carbocycles. The monoisotopic (exact) mass is 377 g/mol. The second-order valence-corrected chi connectivity index (χ2v) is 6.95. The van der Waals surface area contributed by atoms with Crippen molar-refractivity contribution in [1.82, 2.24) is 10.6 Å². The van der Waals surface area contributed by atoms with Gasteiger partial charge in [-0.1, -0.05) is 12.1 Å². The van der Waals surface area contributed by atoms with Crippen LogP contribution in [0.1, 0.15) is 38.7 Å². The predicted molar refractivity (Wildman–Crippen MR) is 110 cm³/mol. The zero-order valence-corrected chi connectivity index (χ0v) is 17.0. The average molecular weight is 378 g/mol. The fraction of sp³-hybridized carbons (Fsp3) is 0.667. The molecule has 0 bridgehead atoms. The summed E-state index contributed by atoms with van der Waals surface area (Å²) >= 11 is 0. The van der Waals surface area contributed by atoms with Crippen LogP contribution in [0.2, 0.25) is 0 Å². The zero-order chi connectivity index (χ0) is 19.3. The number of ether oxygens (including phenoxy) is 3. The van der Waals surface area contributed by atoms with Crippen LogP contribution in [0.25, 0.3) is 0 Å². The van der Waals surface area contributed by atoms with Crippen LogP contribution in [-0.4, -0.2) is 57.6 Å². The first kappa shape index (κ1) is 21.5. The minimum Gasteiger partial charge on any atom is -0.489 e. The second-order valence-electron chi connectivity index (χ2n) is 6.95. The molecule has 2 unspecified atom stereocenters. The number of hydrogen-bond acceptors (Lipinski definition) is 4. The maximum absolute atomic E-state index is 5.94. The molecule has 27 heavy (non-hydrogen) atoms. The van der Waals surface area contributed by atoms with E-state index in [-0.39, 0.29) is 6.10 Å². The van der Waals surface area contributed by atoms with E-state index >= 15 is 0 Å². The van der Waals surface area contributed by atoms with Crippen LogP contribution < -0.4 is 15.4 Å². The molecule has 6 nitrogen and oxygen atoms in total. The van der Waals surface area contributed by atoms with Gasteiger partial charge in [-0.3, -0.25) is 0 Å². The van der Waals surface area contributed by atoms with E-state index in [1.807, 2.05) is 25.1 Å². The van der Waals surface area contributed by atoms with Gasteiger partial charge in [0.2, 0.25) is 0 Å². The van der Waals surface area contributed by atoms with E-state index in [1.165, 1.54) is 5.56 Å². The Balaban J connectivity index is 1.63. The number of rotatable bonds is 11. The van der Waals surface area contributed by atoms with Gasteiger partial charge in [0.25, 0.3) is 0 Å². The summed E-state index contributed by atoms with van der Waals surface area (Å²) in [5, 5.41) is 6.62. The average Bonchev–Trinajstić information content (AvgIpc) is 3.16. The third kappa shape index (κ3) is 9.11. The molecule has 0 amide bonds. The molecule has 1 fully saturated rings. The maximum Gasteiger partial charge on any atom is 0.191 e. The number of benzene rings is 1. The van der Waals surface area contributed by atoms with Crippen molar-refractivity contribution in [2.24, 2.45) is 4.99 Å². The van der Waals surface area contributed by atoms with Gasteiger partial charge in [0.1, 0.15) is 11.9 Å². The molecule has 2 rings (SSSR count). The fourth-order valence-electron chi connectivity index (χ4n) is 2.89. The number of aliphatic imine (C=N–C) groups is 1. The van der Waals surface area contributed by atoms with E-state index in [2.05, 4.69) is 35.5 Å².